The average molecular weight is 199 g/mol. The summed E-state index contributed by atoms with van der Waals surface area (Å²) >= 11 is 0. The van der Waals surface area contributed by atoms with Crippen molar-refractivity contribution in [3.8, 4) is 11.8 Å². The zero-order chi connectivity index (χ0) is 11.3. The van der Waals surface area contributed by atoms with Crippen molar-refractivity contribution < 1.29 is 5.11 Å². The van der Waals surface area contributed by atoms with Gasteiger partial charge in [0.05, 0.1) is 11.6 Å². The average Bonchev–Trinajstić information content (AvgIpc) is 2.25. The first-order valence-corrected chi connectivity index (χ1v) is 4.78. The van der Waals surface area contributed by atoms with Crippen LogP contribution in [0.1, 0.15) is 18.9 Å². The molecule has 0 aliphatic rings. The summed E-state index contributed by atoms with van der Waals surface area (Å²) in [4.78, 5) is 0. The molecule has 0 spiro atoms. The molecular weight excluding hydrogens is 186 g/mol. The van der Waals surface area contributed by atoms with E-state index in [0.717, 1.165) is 17.6 Å². The molecule has 15 heavy (non-hydrogen) atoms. The third kappa shape index (κ3) is 2.47. The minimum absolute atomic E-state index is 0.208. The number of phenolic OH excluding ortho intramolecular Hbond substituents is 1. The van der Waals surface area contributed by atoms with E-state index in [2.05, 4.69) is 12.6 Å². The van der Waals surface area contributed by atoms with Gasteiger partial charge in [-0.1, -0.05) is 31.7 Å². The Hall–Kier alpha value is -2.01. The molecule has 0 aliphatic heterocycles. The van der Waals surface area contributed by atoms with Gasteiger partial charge >= 0.3 is 0 Å². The molecule has 0 saturated carbocycles. The molecule has 2 heteroatoms. The van der Waals surface area contributed by atoms with Gasteiger partial charge in [-0.25, -0.2) is 0 Å². The molecule has 0 fully saturated rings. The lowest BCUT2D eigenvalue weighted by Gasteiger charge is -2.06. The van der Waals surface area contributed by atoms with E-state index in [1.165, 1.54) is 0 Å². The first kappa shape index (κ1) is 11.1. The number of phenols is 1. The zero-order valence-corrected chi connectivity index (χ0v) is 8.70. The molecule has 1 rings (SSSR count). The second-order valence-electron chi connectivity index (χ2n) is 3.11. The van der Waals surface area contributed by atoms with Crippen molar-refractivity contribution in [1.82, 2.24) is 0 Å². The van der Waals surface area contributed by atoms with Gasteiger partial charge in [0.1, 0.15) is 5.75 Å². The summed E-state index contributed by atoms with van der Waals surface area (Å²) in [6.45, 7) is 5.58. The highest BCUT2D eigenvalue weighted by Gasteiger charge is 2.05. The number of allylic oxidation sites excluding steroid dienone is 3. The number of hydrogen-bond donors (Lipinski definition) is 1. The molecule has 1 aromatic rings. The highest BCUT2D eigenvalue weighted by molar-refractivity contribution is 5.74. The van der Waals surface area contributed by atoms with Gasteiger partial charge in [-0.2, -0.15) is 5.26 Å². The van der Waals surface area contributed by atoms with E-state index in [1.54, 1.807) is 24.3 Å². The van der Waals surface area contributed by atoms with Crippen LogP contribution in [0.2, 0.25) is 0 Å². The van der Waals surface area contributed by atoms with E-state index in [-0.39, 0.29) is 5.75 Å². The van der Waals surface area contributed by atoms with Gasteiger partial charge in [0, 0.05) is 0 Å². The molecule has 0 atom stereocenters. The van der Waals surface area contributed by atoms with E-state index < -0.39 is 0 Å². The Kier molecular flexibility index (Phi) is 3.70. The number of rotatable bonds is 3. The molecule has 0 unspecified atom stereocenters. The van der Waals surface area contributed by atoms with Crippen LogP contribution < -0.4 is 0 Å². The van der Waals surface area contributed by atoms with Crippen molar-refractivity contribution in [3.63, 3.8) is 0 Å². The monoisotopic (exact) mass is 199 g/mol. The van der Waals surface area contributed by atoms with Crippen LogP contribution in [0.15, 0.2) is 42.5 Å². The fraction of sp³-hybridized carbons (Fsp3) is 0.154. The zero-order valence-electron chi connectivity index (χ0n) is 8.70. The summed E-state index contributed by atoms with van der Waals surface area (Å²) in [7, 11) is 0. The lowest BCUT2D eigenvalue weighted by atomic mass is 9.98. The molecule has 2 nitrogen and oxygen atoms in total. The minimum Gasteiger partial charge on any atom is -0.508 e. The highest BCUT2D eigenvalue weighted by Crippen LogP contribution is 2.25. The summed E-state index contributed by atoms with van der Waals surface area (Å²) < 4.78 is 0. The fourth-order valence-electron chi connectivity index (χ4n) is 1.48. The molecule has 0 radical (unpaired) electrons. The molecular formula is C13H13NO. The highest BCUT2D eigenvalue weighted by atomic mass is 16.3. The second-order valence-corrected chi connectivity index (χ2v) is 3.11. The van der Waals surface area contributed by atoms with Crippen LogP contribution in [0.25, 0.3) is 5.57 Å². The molecule has 0 amide bonds. The predicted molar refractivity (Wildman–Crippen MR) is 61.1 cm³/mol. The van der Waals surface area contributed by atoms with Crippen molar-refractivity contribution in [3.05, 3.63) is 48.1 Å². The number of benzene rings is 1. The molecule has 0 saturated heterocycles. The normalized spacial score (nSPS) is 11.5. The summed E-state index contributed by atoms with van der Waals surface area (Å²) in [6, 6.07) is 9.00. The summed E-state index contributed by atoms with van der Waals surface area (Å²) in [6.07, 6.45) is 2.28. The lowest BCUT2D eigenvalue weighted by molar-refractivity contribution is 0.475. The topological polar surface area (TPSA) is 44.0 Å². The maximum atomic E-state index is 9.35. The Morgan fingerprint density at radius 1 is 1.60 bits per heavy atom. The minimum atomic E-state index is 0.208. The van der Waals surface area contributed by atoms with Crippen LogP contribution in [0, 0.1) is 11.3 Å². The maximum absolute atomic E-state index is 9.35. The molecule has 0 bridgehead atoms. The second kappa shape index (κ2) is 5.02. The molecule has 1 aromatic carbocycles. The Labute approximate surface area is 89.8 Å². The number of nitriles is 1. The number of nitrogens with zero attached hydrogens (tertiary/aromatic N) is 1. The third-order valence-corrected chi connectivity index (χ3v) is 2.20. The fourth-order valence-corrected chi connectivity index (χ4v) is 1.48. The SMILES string of the molecule is C=CC(C#N)=C(CC)c1cccc(O)c1. The van der Waals surface area contributed by atoms with Crippen molar-refractivity contribution >= 4 is 5.57 Å². The molecule has 1 N–H and O–H groups in total. The summed E-state index contributed by atoms with van der Waals surface area (Å²) in [5, 5.41) is 18.3. The third-order valence-electron chi connectivity index (χ3n) is 2.20. The maximum Gasteiger partial charge on any atom is 0.116 e. The van der Waals surface area contributed by atoms with Gasteiger partial charge in [-0.05, 0) is 29.7 Å². The van der Waals surface area contributed by atoms with Crippen molar-refractivity contribution in [2.24, 2.45) is 0 Å². The van der Waals surface area contributed by atoms with Crippen LogP contribution in [-0.2, 0) is 0 Å². The molecule has 0 aromatic heterocycles. The van der Waals surface area contributed by atoms with E-state index in [4.69, 9.17) is 5.26 Å². The van der Waals surface area contributed by atoms with E-state index in [9.17, 15) is 5.11 Å². The van der Waals surface area contributed by atoms with Gasteiger partial charge in [-0.15, -0.1) is 0 Å². The lowest BCUT2D eigenvalue weighted by Crippen LogP contribution is -1.87. The van der Waals surface area contributed by atoms with Crippen LogP contribution in [0.4, 0.5) is 0 Å². The van der Waals surface area contributed by atoms with Crippen LogP contribution >= 0.6 is 0 Å². The first-order chi connectivity index (χ1) is 7.22. The van der Waals surface area contributed by atoms with Gasteiger partial charge in [0.25, 0.3) is 0 Å². The smallest absolute Gasteiger partial charge is 0.116 e. The first-order valence-electron chi connectivity index (χ1n) is 4.78. The Bertz CT molecular complexity index is 438. The predicted octanol–water partition coefficient (Wildman–Crippen LogP) is 3.27. The van der Waals surface area contributed by atoms with Crippen LogP contribution in [-0.4, -0.2) is 5.11 Å². The quantitative estimate of drug-likeness (QED) is 0.599. The van der Waals surface area contributed by atoms with Crippen molar-refractivity contribution in [1.29, 1.82) is 5.26 Å². The Balaban J connectivity index is 3.31. The Morgan fingerprint density at radius 3 is 2.80 bits per heavy atom. The number of hydrogen-bond acceptors (Lipinski definition) is 2. The largest absolute Gasteiger partial charge is 0.508 e. The number of aromatic hydroxyl groups is 1. The standard InChI is InChI=1S/C13H13NO/c1-3-10(9-14)13(4-2)11-6-5-7-12(15)8-11/h3,5-8,15H,1,4H2,2H3. The van der Waals surface area contributed by atoms with Gasteiger partial charge < -0.3 is 5.11 Å². The summed E-state index contributed by atoms with van der Waals surface area (Å²) in [5.74, 6) is 0.208. The van der Waals surface area contributed by atoms with Crippen LogP contribution in [0.3, 0.4) is 0 Å². The van der Waals surface area contributed by atoms with Crippen LogP contribution in [0.5, 0.6) is 5.75 Å². The van der Waals surface area contributed by atoms with E-state index in [1.807, 2.05) is 13.0 Å². The molecule has 76 valence electrons. The molecule has 0 heterocycles. The Morgan fingerprint density at radius 2 is 2.33 bits per heavy atom. The van der Waals surface area contributed by atoms with Gasteiger partial charge in [-0.3, -0.25) is 0 Å². The van der Waals surface area contributed by atoms with E-state index >= 15 is 0 Å². The van der Waals surface area contributed by atoms with Gasteiger partial charge in [0.2, 0.25) is 0 Å². The molecule has 0 aliphatic carbocycles. The van der Waals surface area contributed by atoms with Gasteiger partial charge in [0.15, 0.2) is 0 Å². The van der Waals surface area contributed by atoms with E-state index in [0.29, 0.717) is 5.57 Å². The van der Waals surface area contributed by atoms with Crippen molar-refractivity contribution in [2.45, 2.75) is 13.3 Å². The summed E-state index contributed by atoms with van der Waals surface area (Å²) in [5.41, 5.74) is 2.33. The van der Waals surface area contributed by atoms with Crippen molar-refractivity contribution in [2.75, 3.05) is 0 Å².